The number of ether oxygens (including phenoxy) is 3. The lowest BCUT2D eigenvalue weighted by atomic mass is 9.99. The number of hydrogen-bond donors (Lipinski definition) is 0. The van der Waals surface area contributed by atoms with Gasteiger partial charge in [0.15, 0.2) is 6.10 Å². The average Bonchev–Trinajstić information content (AvgIpc) is 3.22. The molecule has 0 spiro atoms. The Kier molecular flexibility index (Phi) is 44.7. The Morgan fingerprint density at radius 3 is 0.966 bits per heavy atom. The van der Waals surface area contributed by atoms with Crippen LogP contribution >= 0.6 is 0 Å². The lowest BCUT2D eigenvalue weighted by Crippen LogP contribution is -2.30. The number of hydrogen-bond acceptors (Lipinski definition) is 6. The van der Waals surface area contributed by atoms with Gasteiger partial charge in [-0.25, -0.2) is 0 Å². The van der Waals surface area contributed by atoms with Crippen LogP contribution in [0.25, 0.3) is 0 Å². The first-order valence-electron chi connectivity index (χ1n) is 26.3. The number of carbonyl (C=O) groups is 3. The molecule has 350 valence electrons. The Labute approximate surface area is 368 Å². The van der Waals surface area contributed by atoms with Crippen molar-refractivity contribution in [2.24, 2.45) is 11.8 Å². The van der Waals surface area contributed by atoms with Gasteiger partial charge >= 0.3 is 17.9 Å². The molecule has 6 nitrogen and oxygen atoms in total. The van der Waals surface area contributed by atoms with Crippen molar-refractivity contribution in [1.82, 2.24) is 0 Å². The second-order valence-electron chi connectivity index (χ2n) is 18.9. The summed E-state index contributed by atoms with van der Waals surface area (Å²) >= 11 is 0. The van der Waals surface area contributed by atoms with E-state index >= 15 is 0 Å². The molecule has 0 aromatic carbocycles. The highest BCUT2D eigenvalue weighted by Crippen LogP contribution is 2.18. The first kappa shape index (κ1) is 57.4. The van der Waals surface area contributed by atoms with Crippen LogP contribution in [0.4, 0.5) is 0 Å². The fraction of sp³-hybridized carbons (Fsp3) is 0.943. The topological polar surface area (TPSA) is 78.9 Å². The summed E-state index contributed by atoms with van der Waals surface area (Å²) in [5.41, 5.74) is 0. The third-order valence-electron chi connectivity index (χ3n) is 12.3. The Bertz CT molecular complexity index is 902. The molecular weight excluding hydrogens is 733 g/mol. The van der Waals surface area contributed by atoms with Crippen molar-refractivity contribution < 1.29 is 28.6 Å². The predicted octanol–water partition coefficient (Wildman–Crippen LogP) is 16.9. The SMILES string of the molecule is CCCCCCCCCCCCC(=O)OC[C@@H](COC(=O)CCCCCCCCC(C)C)OC(=O)CCCCCCCCCCCCCCCCCCCCC(C)CC. The maximum atomic E-state index is 12.8. The monoisotopic (exact) mass is 835 g/mol. The molecule has 0 fully saturated rings. The van der Waals surface area contributed by atoms with E-state index in [1.165, 1.54) is 180 Å². The molecule has 2 atom stereocenters. The maximum Gasteiger partial charge on any atom is 0.306 e. The van der Waals surface area contributed by atoms with Crippen LogP contribution in [0.1, 0.15) is 291 Å². The van der Waals surface area contributed by atoms with Gasteiger partial charge in [-0.1, -0.05) is 253 Å². The quantitative estimate of drug-likeness (QED) is 0.0345. The van der Waals surface area contributed by atoms with Crippen molar-refractivity contribution in [3.05, 3.63) is 0 Å². The molecule has 0 amide bonds. The zero-order valence-electron chi connectivity index (χ0n) is 40.4. The van der Waals surface area contributed by atoms with Crippen LogP contribution in [0, 0.1) is 11.8 Å². The van der Waals surface area contributed by atoms with E-state index in [1.54, 1.807) is 0 Å². The van der Waals surface area contributed by atoms with E-state index in [0.717, 1.165) is 69.6 Å². The van der Waals surface area contributed by atoms with Gasteiger partial charge in [-0.3, -0.25) is 14.4 Å². The largest absolute Gasteiger partial charge is 0.462 e. The van der Waals surface area contributed by atoms with Gasteiger partial charge < -0.3 is 14.2 Å². The molecule has 0 bridgehead atoms. The molecule has 0 N–H and O–H groups in total. The number of carbonyl (C=O) groups excluding carboxylic acids is 3. The summed E-state index contributed by atoms with van der Waals surface area (Å²) in [6, 6.07) is 0. The number of rotatable bonds is 47. The fourth-order valence-corrected chi connectivity index (χ4v) is 7.96. The molecule has 0 radical (unpaired) electrons. The van der Waals surface area contributed by atoms with E-state index < -0.39 is 6.10 Å². The first-order valence-corrected chi connectivity index (χ1v) is 26.3. The Morgan fingerprint density at radius 1 is 0.356 bits per heavy atom. The summed E-state index contributed by atoms with van der Waals surface area (Å²) in [4.78, 5) is 37.8. The lowest BCUT2D eigenvalue weighted by Gasteiger charge is -2.18. The van der Waals surface area contributed by atoms with Gasteiger partial charge in [0.25, 0.3) is 0 Å². The molecule has 0 aromatic rings. The molecule has 0 saturated heterocycles. The van der Waals surface area contributed by atoms with Crippen LogP contribution < -0.4 is 0 Å². The van der Waals surface area contributed by atoms with E-state index in [1.807, 2.05) is 0 Å². The first-order chi connectivity index (χ1) is 28.8. The molecule has 0 heterocycles. The van der Waals surface area contributed by atoms with Gasteiger partial charge in [0.1, 0.15) is 13.2 Å². The Balaban J connectivity index is 4.16. The maximum absolute atomic E-state index is 12.8. The molecular formula is C53H102O6. The zero-order chi connectivity index (χ0) is 43.3. The van der Waals surface area contributed by atoms with E-state index in [0.29, 0.717) is 19.3 Å². The average molecular weight is 835 g/mol. The minimum Gasteiger partial charge on any atom is -0.462 e. The summed E-state index contributed by atoms with van der Waals surface area (Å²) in [6.45, 7) is 11.3. The third kappa shape index (κ3) is 45.8. The van der Waals surface area contributed by atoms with Crippen LogP contribution in [-0.4, -0.2) is 37.2 Å². The Morgan fingerprint density at radius 2 is 0.644 bits per heavy atom. The van der Waals surface area contributed by atoms with Crippen LogP contribution in [-0.2, 0) is 28.6 Å². The van der Waals surface area contributed by atoms with Crippen LogP contribution in [0.2, 0.25) is 0 Å². The van der Waals surface area contributed by atoms with E-state index in [-0.39, 0.29) is 31.1 Å². The van der Waals surface area contributed by atoms with E-state index in [2.05, 4.69) is 34.6 Å². The summed E-state index contributed by atoms with van der Waals surface area (Å²) in [5.74, 6) is 0.818. The number of esters is 3. The summed E-state index contributed by atoms with van der Waals surface area (Å²) in [6.07, 6.45) is 46.8. The highest BCUT2D eigenvalue weighted by atomic mass is 16.6. The molecule has 0 aliphatic heterocycles. The zero-order valence-corrected chi connectivity index (χ0v) is 40.4. The van der Waals surface area contributed by atoms with Crippen molar-refractivity contribution in [3.8, 4) is 0 Å². The highest BCUT2D eigenvalue weighted by molar-refractivity contribution is 5.71. The highest BCUT2D eigenvalue weighted by Gasteiger charge is 2.19. The molecule has 6 heteroatoms. The minimum absolute atomic E-state index is 0.0647. The molecule has 0 aliphatic carbocycles. The Hall–Kier alpha value is -1.59. The molecule has 0 aliphatic rings. The van der Waals surface area contributed by atoms with E-state index in [9.17, 15) is 14.4 Å². The lowest BCUT2D eigenvalue weighted by molar-refractivity contribution is -0.167. The second-order valence-corrected chi connectivity index (χ2v) is 18.9. The molecule has 0 saturated carbocycles. The van der Waals surface area contributed by atoms with Gasteiger partial charge in [-0.05, 0) is 31.1 Å². The molecule has 0 aromatic heterocycles. The van der Waals surface area contributed by atoms with Crippen molar-refractivity contribution in [3.63, 3.8) is 0 Å². The molecule has 1 unspecified atom stereocenters. The predicted molar refractivity (Wildman–Crippen MR) is 252 cm³/mol. The minimum atomic E-state index is -0.761. The van der Waals surface area contributed by atoms with Crippen LogP contribution in [0.5, 0.6) is 0 Å². The standard InChI is InChI=1S/C53H102O6/c1-6-8-9-10-11-12-24-27-33-38-43-51(54)57-46-50(47-58-52(55)44-39-34-30-29-31-36-41-48(3)4)59-53(56)45-40-35-28-25-22-20-18-16-14-13-15-17-19-21-23-26-32-37-42-49(5)7-2/h48-50H,6-47H2,1-5H3/t49?,50-/m0/s1. The van der Waals surface area contributed by atoms with Crippen LogP contribution in [0.15, 0.2) is 0 Å². The van der Waals surface area contributed by atoms with Gasteiger partial charge in [0, 0.05) is 19.3 Å². The molecule has 59 heavy (non-hydrogen) atoms. The summed E-state index contributed by atoms with van der Waals surface area (Å²) < 4.78 is 16.8. The van der Waals surface area contributed by atoms with Gasteiger partial charge in [-0.2, -0.15) is 0 Å². The normalized spacial score (nSPS) is 12.5. The van der Waals surface area contributed by atoms with Crippen molar-refractivity contribution >= 4 is 17.9 Å². The summed E-state index contributed by atoms with van der Waals surface area (Å²) in [5, 5.41) is 0. The van der Waals surface area contributed by atoms with Gasteiger partial charge in [0.2, 0.25) is 0 Å². The number of unbranched alkanes of at least 4 members (excludes halogenated alkanes) is 31. The smallest absolute Gasteiger partial charge is 0.306 e. The summed E-state index contributed by atoms with van der Waals surface area (Å²) in [7, 11) is 0. The third-order valence-corrected chi connectivity index (χ3v) is 12.3. The molecule has 0 rings (SSSR count). The fourth-order valence-electron chi connectivity index (χ4n) is 7.96. The van der Waals surface area contributed by atoms with Gasteiger partial charge in [-0.15, -0.1) is 0 Å². The van der Waals surface area contributed by atoms with Crippen molar-refractivity contribution in [2.45, 2.75) is 298 Å². The van der Waals surface area contributed by atoms with Crippen molar-refractivity contribution in [2.75, 3.05) is 13.2 Å². The van der Waals surface area contributed by atoms with E-state index in [4.69, 9.17) is 14.2 Å². The second kappa shape index (κ2) is 45.9. The van der Waals surface area contributed by atoms with Crippen LogP contribution in [0.3, 0.4) is 0 Å². The van der Waals surface area contributed by atoms with Crippen molar-refractivity contribution in [1.29, 1.82) is 0 Å². The van der Waals surface area contributed by atoms with Gasteiger partial charge in [0.05, 0.1) is 0 Å².